The van der Waals surface area contributed by atoms with Gasteiger partial charge in [-0.2, -0.15) is 0 Å². The number of aliphatic hydroxyl groups is 2. The van der Waals surface area contributed by atoms with Crippen molar-refractivity contribution in [2.24, 2.45) is 0 Å². The number of carbonyl (C=O) groups is 3. The first kappa shape index (κ1) is 20.7. The molecule has 3 rings (SSSR count). The monoisotopic (exact) mass is 400 g/mol. The second kappa shape index (κ2) is 8.95. The first-order valence-corrected chi connectivity index (χ1v) is 9.02. The van der Waals surface area contributed by atoms with Gasteiger partial charge in [-0.1, -0.05) is 0 Å². The zero-order valence-corrected chi connectivity index (χ0v) is 15.7. The molecule has 2 unspecified atom stereocenters. The number of aliphatic hydroxyl groups excluding tert-OH is 2. The summed E-state index contributed by atoms with van der Waals surface area (Å²) in [6.07, 6.45) is 4.33. The Morgan fingerprint density at radius 3 is 2.41 bits per heavy atom. The van der Waals surface area contributed by atoms with E-state index in [1.807, 2.05) is 0 Å². The summed E-state index contributed by atoms with van der Waals surface area (Å²) < 4.78 is 16.8. The number of Topliss-reactive ketones (excluding diaryl/α,β-unsaturated/α-hetero) is 2. The minimum atomic E-state index is -0.795. The molecule has 1 heterocycles. The summed E-state index contributed by atoms with van der Waals surface area (Å²) in [5.74, 6) is -1.42. The van der Waals surface area contributed by atoms with Gasteiger partial charge < -0.3 is 24.4 Å². The molecule has 152 valence electrons. The number of hydrogen-bond donors (Lipinski definition) is 2. The Bertz CT molecular complexity index is 907. The van der Waals surface area contributed by atoms with Crippen LogP contribution in [0.2, 0.25) is 0 Å². The zero-order chi connectivity index (χ0) is 21.0. The van der Waals surface area contributed by atoms with E-state index in [4.69, 9.17) is 19.3 Å². The molecule has 0 radical (unpaired) electrons. The summed E-state index contributed by atoms with van der Waals surface area (Å²) in [4.78, 5) is 36.1. The summed E-state index contributed by atoms with van der Waals surface area (Å²) in [6.45, 7) is 1.22. The van der Waals surface area contributed by atoms with Gasteiger partial charge in [-0.25, -0.2) is 0 Å². The number of ether oxygens (including phenoxy) is 3. The van der Waals surface area contributed by atoms with E-state index in [1.165, 1.54) is 42.5 Å². The summed E-state index contributed by atoms with van der Waals surface area (Å²) in [6, 6.07) is 4.39. The maximum atomic E-state index is 12.4. The van der Waals surface area contributed by atoms with Crippen molar-refractivity contribution in [3.05, 3.63) is 59.4 Å². The number of benzene rings is 1. The van der Waals surface area contributed by atoms with Crippen LogP contribution in [0.3, 0.4) is 0 Å². The quantitative estimate of drug-likeness (QED) is 0.399. The highest BCUT2D eigenvalue weighted by atomic mass is 16.7. The number of ketones is 3. The van der Waals surface area contributed by atoms with Crippen LogP contribution in [0, 0.1) is 0 Å². The fraction of sp³-hybridized carbons (Fsp3) is 0.286. The normalized spacial score (nSPS) is 17.8. The standard InChI is InChI=1S/C21H20O8/c1-12(28-16(11-23)8-9-22)27-15-6-7-17-18(10-15)29-21(20(26)19(17)25)13-2-4-14(24)5-3-13/h2-7,10,12,16,22-23H,8-9,11H2,1H3. The highest BCUT2D eigenvalue weighted by Gasteiger charge is 2.33. The van der Waals surface area contributed by atoms with Gasteiger partial charge in [0.15, 0.2) is 17.8 Å². The SMILES string of the molecule is CC(Oc1ccc2c(c1)OC(=C1C=CC(=O)C=C1)C(=O)C2=O)OC(CO)CCO. The first-order valence-electron chi connectivity index (χ1n) is 9.02. The summed E-state index contributed by atoms with van der Waals surface area (Å²) in [5, 5.41) is 18.2. The fourth-order valence-electron chi connectivity index (χ4n) is 2.86. The van der Waals surface area contributed by atoms with Crippen molar-refractivity contribution >= 4 is 17.3 Å². The van der Waals surface area contributed by atoms with Gasteiger partial charge >= 0.3 is 0 Å². The summed E-state index contributed by atoms with van der Waals surface area (Å²) in [5.41, 5.74) is 0.431. The van der Waals surface area contributed by atoms with Crippen molar-refractivity contribution in [1.82, 2.24) is 0 Å². The molecule has 8 heteroatoms. The van der Waals surface area contributed by atoms with E-state index in [-0.39, 0.29) is 42.5 Å². The van der Waals surface area contributed by atoms with Crippen LogP contribution < -0.4 is 9.47 Å². The maximum absolute atomic E-state index is 12.4. The molecule has 8 nitrogen and oxygen atoms in total. The molecule has 0 bridgehead atoms. The lowest BCUT2D eigenvalue weighted by Gasteiger charge is -2.23. The van der Waals surface area contributed by atoms with Gasteiger partial charge in [0.25, 0.3) is 5.78 Å². The van der Waals surface area contributed by atoms with Crippen LogP contribution in [0.4, 0.5) is 0 Å². The Hall–Kier alpha value is -3.07. The Kier molecular flexibility index (Phi) is 6.38. The zero-order valence-electron chi connectivity index (χ0n) is 15.7. The van der Waals surface area contributed by atoms with Crippen LogP contribution in [-0.4, -0.2) is 53.2 Å². The molecular formula is C21H20O8. The van der Waals surface area contributed by atoms with Crippen molar-refractivity contribution in [3.63, 3.8) is 0 Å². The van der Waals surface area contributed by atoms with Crippen LogP contribution in [-0.2, 0) is 14.3 Å². The number of rotatable bonds is 7. The minimum absolute atomic E-state index is 0.105. The van der Waals surface area contributed by atoms with Crippen molar-refractivity contribution < 1.29 is 38.8 Å². The highest BCUT2D eigenvalue weighted by Crippen LogP contribution is 2.33. The molecule has 2 N–H and O–H groups in total. The average molecular weight is 400 g/mol. The van der Waals surface area contributed by atoms with Gasteiger partial charge in [-0.3, -0.25) is 14.4 Å². The smallest absolute Gasteiger partial charge is 0.269 e. The fourth-order valence-corrected chi connectivity index (χ4v) is 2.86. The van der Waals surface area contributed by atoms with Crippen molar-refractivity contribution in [3.8, 4) is 11.5 Å². The van der Waals surface area contributed by atoms with E-state index < -0.39 is 24.0 Å². The molecule has 0 saturated heterocycles. The topological polar surface area (TPSA) is 119 Å². The Morgan fingerprint density at radius 1 is 1.03 bits per heavy atom. The Morgan fingerprint density at radius 2 is 1.76 bits per heavy atom. The van der Waals surface area contributed by atoms with Gasteiger partial charge in [0.2, 0.25) is 5.78 Å². The molecule has 0 fully saturated rings. The van der Waals surface area contributed by atoms with Crippen LogP contribution in [0.1, 0.15) is 23.7 Å². The van der Waals surface area contributed by atoms with E-state index >= 15 is 0 Å². The lowest BCUT2D eigenvalue weighted by atomic mass is 9.97. The van der Waals surface area contributed by atoms with Crippen LogP contribution >= 0.6 is 0 Å². The predicted molar refractivity (Wildman–Crippen MR) is 100 cm³/mol. The van der Waals surface area contributed by atoms with Crippen LogP contribution in [0.5, 0.6) is 11.5 Å². The lowest BCUT2D eigenvalue weighted by Crippen LogP contribution is -2.28. The third kappa shape index (κ3) is 4.68. The number of allylic oxidation sites excluding steroid dienone is 6. The molecule has 1 aliphatic heterocycles. The van der Waals surface area contributed by atoms with Gasteiger partial charge in [-0.05, 0) is 49.8 Å². The van der Waals surface area contributed by atoms with E-state index in [9.17, 15) is 19.5 Å². The number of fused-ring (bicyclic) bond motifs is 1. The summed E-state index contributed by atoms with van der Waals surface area (Å²) >= 11 is 0. The van der Waals surface area contributed by atoms with E-state index in [0.29, 0.717) is 11.3 Å². The van der Waals surface area contributed by atoms with Crippen molar-refractivity contribution in [1.29, 1.82) is 0 Å². The second-order valence-electron chi connectivity index (χ2n) is 6.41. The largest absolute Gasteiger partial charge is 0.465 e. The molecule has 0 aromatic heterocycles. The Labute approximate surface area is 166 Å². The molecule has 0 spiro atoms. The number of carbonyl (C=O) groups excluding carboxylic acids is 3. The number of hydrogen-bond acceptors (Lipinski definition) is 8. The molecule has 2 atom stereocenters. The average Bonchev–Trinajstić information content (AvgIpc) is 2.71. The van der Waals surface area contributed by atoms with Gasteiger partial charge in [-0.15, -0.1) is 0 Å². The maximum Gasteiger partial charge on any atom is 0.269 e. The van der Waals surface area contributed by atoms with Crippen molar-refractivity contribution in [2.75, 3.05) is 13.2 Å². The summed E-state index contributed by atoms with van der Waals surface area (Å²) in [7, 11) is 0. The second-order valence-corrected chi connectivity index (χ2v) is 6.41. The molecule has 1 aliphatic carbocycles. The van der Waals surface area contributed by atoms with E-state index in [0.717, 1.165) is 0 Å². The van der Waals surface area contributed by atoms with Gasteiger partial charge in [0.05, 0.1) is 18.3 Å². The lowest BCUT2D eigenvalue weighted by molar-refractivity contribution is -0.125. The molecule has 1 aromatic rings. The van der Waals surface area contributed by atoms with E-state index in [1.54, 1.807) is 6.92 Å². The molecular weight excluding hydrogens is 380 g/mol. The van der Waals surface area contributed by atoms with E-state index in [2.05, 4.69) is 0 Å². The van der Waals surface area contributed by atoms with Crippen molar-refractivity contribution in [2.45, 2.75) is 25.7 Å². The van der Waals surface area contributed by atoms with Gasteiger partial charge in [0, 0.05) is 18.2 Å². The predicted octanol–water partition coefficient (Wildman–Crippen LogP) is 1.26. The highest BCUT2D eigenvalue weighted by molar-refractivity contribution is 6.50. The van der Waals surface area contributed by atoms with Crippen LogP contribution in [0.25, 0.3) is 0 Å². The minimum Gasteiger partial charge on any atom is -0.465 e. The third-order valence-electron chi connectivity index (χ3n) is 4.28. The molecule has 0 saturated carbocycles. The molecule has 2 aliphatic rings. The molecule has 0 amide bonds. The molecule has 29 heavy (non-hydrogen) atoms. The molecule has 1 aromatic carbocycles. The third-order valence-corrected chi connectivity index (χ3v) is 4.28. The first-order chi connectivity index (χ1) is 13.9. The van der Waals surface area contributed by atoms with Gasteiger partial charge in [0.1, 0.15) is 11.5 Å². The Balaban J connectivity index is 1.81. The van der Waals surface area contributed by atoms with Crippen LogP contribution in [0.15, 0.2) is 53.8 Å².